The Morgan fingerprint density at radius 2 is 1.72 bits per heavy atom. The largest absolute Gasteiger partial charge is 0.345 e. The molecular formula is C33H35N3O2S. The van der Waals surface area contributed by atoms with E-state index in [0.717, 1.165) is 41.5 Å². The summed E-state index contributed by atoms with van der Waals surface area (Å²) in [4.78, 5) is 28.8. The highest BCUT2D eigenvalue weighted by atomic mass is 32.2. The third-order valence-corrected chi connectivity index (χ3v) is 8.43. The molecule has 1 heterocycles. The van der Waals surface area contributed by atoms with Crippen molar-refractivity contribution < 1.29 is 9.59 Å². The standard InChI is InChI=1S/C33H35N3O2S/c1-5-6-10-25-14-16-26(17-15-25)20-30-32(38)36(28-18-13-22(2)23(3)19-28)33(39-30)29(21-34)31(37)35-24(4)27-11-8-7-9-12-27/h7-9,11-19,24,30H,5-6,10,20H2,1-4H3,(H,35,37)/b33-29-. The van der Waals surface area contributed by atoms with E-state index in [2.05, 4.69) is 42.6 Å². The summed E-state index contributed by atoms with van der Waals surface area (Å²) in [6, 6.07) is 25.6. The predicted octanol–water partition coefficient (Wildman–Crippen LogP) is 6.95. The van der Waals surface area contributed by atoms with E-state index in [9.17, 15) is 14.9 Å². The molecule has 1 saturated heterocycles. The third kappa shape index (κ3) is 6.61. The maximum atomic E-state index is 13.8. The van der Waals surface area contributed by atoms with E-state index in [0.29, 0.717) is 17.1 Å². The van der Waals surface area contributed by atoms with Crippen LogP contribution >= 0.6 is 11.8 Å². The van der Waals surface area contributed by atoms with Crippen molar-refractivity contribution in [3.8, 4) is 6.07 Å². The van der Waals surface area contributed by atoms with E-state index in [1.54, 1.807) is 4.90 Å². The summed E-state index contributed by atoms with van der Waals surface area (Å²) in [6.07, 6.45) is 3.86. The Morgan fingerprint density at radius 3 is 2.36 bits per heavy atom. The average Bonchev–Trinajstić information content (AvgIpc) is 3.25. The SMILES string of the molecule is CCCCc1ccc(CC2S/C(=C(/C#N)C(=O)NC(C)c3ccccc3)N(c3ccc(C)c(C)c3)C2=O)cc1. The number of nitrogens with one attached hydrogen (secondary N) is 1. The number of benzene rings is 3. The van der Waals surface area contributed by atoms with Crippen molar-refractivity contribution in [3.63, 3.8) is 0 Å². The van der Waals surface area contributed by atoms with Gasteiger partial charge in [0.15, 0.2) is 0 Å². The molecule has 0 aliphatic carbocycles. The lowest BCUT2D eigenvalue weighted by Crippen LogP contribution is -2.33. The second-order valence-corrected chi connectivity index (χ2v) is 11.3. The summed E-state index contributed by atoms with van der Waals surface area (Å²) < 4.78 is 0. The van der Waals surface area contributed by atoms with Crippen LogP contribution in [0.5, 0.6) is 0 Å². The molecule has 0 bridgehead atoms. The molecule has 3 aromatic carbocycles. The van der Waals surface area contributed by atoms with Crippen LogP contribution in [0.1, 0.15) is 60.5 Å². The van der Waals surface area contributed by atoms with Gasteiger partial charge in [-0.2, -0.15) is 5.26 Å². The number of rotatable bonds is 9. The number of amides is 2. The lowest BCUT2D eigenvalue weighted by molar-refractivity contribution is -0.117. The lowest BCUT2D eigenvalue weighted by atomic mass is 10.0. The summed E-state index contributed by atoms with van der Waals surface area (Å²) in [5, 5.41) is 13.0. The van der Waals surface area contributed by atoms with Gasteiger partial charge in [0, 0.05) is 5.69 Å². The normalized spacial score (nSPS) is 17.1. The van der Waals surface area contributed by atoms with Gasteiger partial charge < -0.3 is 5.32 Å². The van der Waals surface area contributed by atoms with Gasteiger partial charge in [-0.15, -0.1) is 0 Å². The Hall–Kier alpha value is -3.82. The van der Waals surface area contributed by atoms with E-state index in [-0.39, 0.29) is 17.5 Å². The Labute approximate surface area is 235 Å². The van der Waals surface area contributed by atoms with Gasteiger partial charge in [0.2, 0.25) is 5.91 Å². The van der Waals surface area contributed by atoms with E-state index in [1.165, 1.54) is 17.3 Å². The Morgan fingerprint density at radius 1 is 1.03 bits per heavy atom. The zero-order valence-electron chi connectivity index (χ0n) is 23.0. The molecule has 6 heteroatoms. The highest BCUT2D eigenvalue weighted by Gasteiger charge is 2.41. The first-order valence-corrected chi connectivity index (χ1v) is 14.4. The quantitative estimate of drug-likeness (QED) is 0.237. The van der Waals surface area contributed by atoms with Crippen LogP contribution in [-0.4, -0.2) is 17.1 Å². The highest BCUT2D eigenvalue weighted by molar-refractivity contribution is 8.05. The third-order valence-electron chi connectivity index (χ3n) is 7.16. The fourth-order valence-corrected chi connectivity index (χ4v) is 5.93. The zero-order chi connectivity index (χ0) is 27.9. The number of thioether (sulfide) groups is 1. The van der Waals surface area contributed by atoms with Crippen molar-refractivity contribution >= 4 is 29.3 Å². The van der Waals surface area contributed by atoms with Crippen LogP contribution in [0.25, 0.3) is 0 Å². The summed E-state index contributed by atoms with van der Waals surface area (Å²) in [6.45, 7) is 8.07. The van der Waals surface area contributed by atoms with Crippen molar-refractivity contribution in [2.75, 3.05) is 4.90 Å². The van der Waals surface area contributed by atoms with Gasteiger partial charge in [-0.05, 0) is 80.0 Å². The van der Waals surface area contributed by atoms with Crippen LogP contribution < -0.4 is 10.2 Å². The molecule has 1 fully saturated rings. The topological polar surface area (TPSA) is 73.2 Å². The van der Waals surface area contributed by atoms with Crippen LogP contribution in [-0.2, 0) is 22.4 Å². The van der Waals surface area contributed by atoms with Crippen molar-refractivity contribution in [2.24, 2.45) is 0 Å². The van der Waals surface area contributed by atoms with Crippen LogP contribution in [0.4, 0.5) is 5.69 Å². The molecular weight excluding hydrogens is 502 g/mol. The highest BCUT2D eigenvalue weighted by Crippen LogP contribution is 2.42. The molecule has 39 heavy (non-hydrogen) atoms. The van der Waals surface area contributed by atoms with Crippen molar-refractivity contribution in [3.05, 3.63) is 111 Å². The molecule has 1 aliphatic heterocycles. The number of hydrogen-bond donors (Lipinski definition) is 1. The minimum atomic E-state index is -0.487. The van der Waals surface area contributed by atoms with Gasteiger partial charge in [0.25, 0.3) is 5.91 Å². The van der Waals surface area contributed by atoms with Gasteiger partial charge in [-0.3, -0.25) is 14.5 Å². The summed E-state index contributed by atoms with van der Waals surface area (Å²) in [5.41, 5.74) is 6.05. The van der Waals surface area contributed by atoms with Crippen LogP contribution in [0, 0.1) is 25.2 Å². The average molecular weight is 538 g/mol. The lowest BCUT2D eigenvalue weighted by Gasteiger charge is -2.20. The molecule has 2 atom stereocenters. The number of hydrogen-bond acceptors (Lipinski definition) is 4. The molecule has 1 N–H and O–H groups in total. The second kappa shape index (κ2) is 12.8. The number of carbonyl (C=O) groups is 2. The molecule has 2 amide bonds. The van der Waals surface area contributed by atoms with E-state index in [4.69, 9.17) is 0 Å². The number of unbranched alkanes of at least 4 members (excludes halogenated alkanes) is 1. The first-order chi connectivity index (χ1) is 18.8. The van der Waals surface area contributed by atoms with Crippen molar-refractivity contribution in [1.82, 2.24) is 5.32 Å². The molecule has 0 aromatic heterocycles. The fourth-order valence-electron chi connectivity index (χ4n) is 4.62. The molecule has 0 spiro atoms. The monoisotopic (exact) mass is 537 g/mol. The number of nitriles is 1. The summed E-state index contributed by atoms with van der Waals surface area (Å²) in [5.74, 6) is -0.608. The van der Waals surface area contributed by atoms with Crippen LogP contribution in [0.15, 0.2) is 83.4 Å². The molecule has 2 unspecified atom stereocenters. The first kappa shape index (κ1) is 28.2. The fraction of sp³-hybridized carbons (Fsp3) is 0.303. The van der Waals surface area contributed by atoms with Crippen molar-refractivity contribution in [2.45, 2.75) is 64.7 Å². The summed E-state index contributed by atoms with van der Waals surface area (Å²) in [7, 11) is 0. The van der Waals surface area contributed by atoms with Crippen LogP contribution in [0.3, 0.4) is 0 Å². The predicted molar refractivity (Wildman–Crippen MR) is 159 cm³/mol. The number of aryl methyl sites for hydroxylation is 3. The van der Waals surface area contributed by atoms with E-state index in [1.807, 2.05) is 69.3 Å². The van der Waals surface area contributed by atoms with Gasteiger partial charge in [0.05, 0.1) is 11.3 Å². The molecule has 1 aliphatic rings. The minimum absolute atomic E-state index is 0.0493. The maximum absolute atomic E-state index is 13.8. The van der Waals surface area contributed by atoms with E-state index < -0.39 is 11.2 Å². The molecule has 3 aromatic rings. The summed E-state index contributed by atoms with van der Waals surface area (Å²) >= 11 is 1.30. The molecule has 0 radical (unpaired) electrons. The Balaban J connectivity index is 1.66. The van der Waals surface area contributed by atoms with Gasteiger partial charge in [0.1, 0.15) is 16.7 Å². The molecule has 4 rings (SSSR count). The Kier molecular flexibility index (Phi) is 9.27. The second-order valence-electron chi connectivity index (χ2n) is 10.1. The van der Waals surface area contributed by atoms with E-state index >= 15 is 0 Å². The first-order valence-electron chi connectivity index (χ1n) is 13.5. The zero-order valence-corrected chi connectivity index (χ0v) is 23.8. The maximum Gasteiger partial charge on any atom is 0.265 e. The van der Waals surface area contributed by atoms with Crippen molar-refractivity contribution in [1.29, 1.82) is 5.26 Å². The number of carbonyl (C=O) groups excluding carboxylic acids is 2. The van der Waals surface area contributed by atoms with Gasteiger partial charge in [-0.1, -0.05) is 85.8 Å². The smallest absolute Gasteiger partial charge is 0.265 e. The van der Waals surface area contributed by atoms with Gasteiger partial charge >= 0.3 is 0 Å². The van der Waals surface area contributed by atoms with Gasteiger partial charge in [-0.25, -0.2) is 0 Å². The Bertz CT molecular complexity index is 1410. The van der Waals surface area contributed by atoms with Crippen LogP contribution in [0.2, 0.25) is 0 Å². The molecule has 200 valence electrons. The number of nitrogens with zero attached hydrogens (tertiary/aromatic N) is 2. The molecule has 0 saturated carbocycles. The molecule has 5 nitrogen and oxygen atoms in total. The number of anilines is 1. The minimum Gasteiger partial charge on any atom is -0.345 e.